The molecule has 8 heteroatoms. The van der Waals surface area contributed by atoms with Crippen molar-refractivity contribution in [1.29, 1.82) is 0 Å². The molecule has 0 aliphatic rings. The molecule has 1 amide bonds. The van der Waals surface area contributed by atoms with Crippen LogP contribution in [0.25, 0.3) is 11.4 Å². The Kier molecular flexibility index (Phi) is 4.64. The first-order valence-corrected chi connectivity index (χ1v) is 7.70. The number of aryl methyl sites for hydroxylation is 1. The standard InChI is InChI=1S/C16H18N6O2/c1-3-4-12-9-13(20-19-12)16(23)22(2)10-14-18-15(21-24-14)11-5-7-17-8-6-11/h5-9H,3-4,10H2,1-2H3,(H,19,20). The summed E-state index contributed by atoms with van der Waals surface area (Å²) in [6.45, 7) is 2.29. The van der Waals surface area contributed by atoms with Gasteiger partial charge in [0.2, 0.25) is 11.7 Å². The van der Waals surface area contributed by atoms with Gasteiger partial charge in [-0.2, -0.15) is 10.1 Å². The summed E-state index contributed by atoms with van der Waals surface area (Å²) < 4.78 is 5.22. The normalized spacial score (nSPS) is 10.8. The first-order chi connectivity index (χ1) is 11.7. The average molecular weight is 326 g/mol. The summed E-state index contributed by atoms with van der Waals surface area (Å²) in [5, 5.41) is 10.9. The van der Waals surface area contributed by atoms with Gasteiger partial charge in [0, 0.05) is 30.7 Å². The molecule has 124 valence electrons. The fourth-order valence-corrected chi connectivity index (χ4v) is 2.28. The number of carbonyl (C=O) groups excluding carboxylic acids is 1. The van der Waals surface area contributed by atoms with Crippen LogP contribution in [-0.2, 0) is 13.0 Å². The van der Waals surface area contributed by atoms with Gasteiger partial charge in [-0.05, 0) is 24.6 Å². The molecule has 0 aliphatic carbocycles. The van der Waals surface area contributed by atoms with Crippen LogP contribution in [-0.4, -0.2) is 43.2 Å². The molecule has 3 rings (SSSR count). The minimum absolute atomic E-state index is 0.197. The predicted octanol–water partition coefficient (Wildman–Crippen LogP) is 2.08. The monoisotopic (exact) mass is 326 g/mol. The molecule has 0 aromatic carbocycles. The van der Waals surface area contributed by atoms with E-state index in [9.17, 15) is 4.79 Å². The van der Waals surface area contributed by atoms with Gasteiger partial charge in [0.1, 0.15) is 12.2 Å². The van der Waals surface area contributed by atoms with Crippen LogP contribution in [0.1, 0.15) is 35.4 Å². The number of hydrogen-bond donors (Lipinski definition) is 1. The summed E-state index contributed by atoms with van der Waals surface area (Å²) in [7, 11) is 1.67. The van der Waals surface area contributed by atoms with E-state index in [4.69, 9.17) is 4.52 Å². The Bertz CT molecular complexity index is 811. The van der Waals surface area contributed by atoms with Crippen LogP contribution in [0.5, 0.6) is 0 Å². The minimum atomic E-state index is -0.197. The van der Waals surface area contributed by atoms with Crippen molar-refractivity contribution in [3.05, 3.63) is 47.9 Å². The fraction of sp³-hybridized carbons (Fsp3) is 0.312. The average Bonchev–Trinajstić information content (AvgIpc) is 3.25. The van der Waals surface area contributed by atoms with E-state index in [0.717, 1.165) is 24.1 Å². The van der Waals surface area contributed by atoms with Gasteiger partial charge in [0.05, 0.1) is 0 Å². The molecular weight excluding hydrogens is 308 g/mol. The van der Waals surface area contributed by atoms with Crippen molar-refractivity contribution in [1.82, 2.24) is 30.2 Å². The van der Waals surface area contributed by atoms with Crippen LogP contribution in [0.15, 0.2) is 35.1 Å². The molecule has 24 heavy (non-hydrogen) atoms. The molecular formula is C16H18N6O2. The van der Waals surface area contributed by atoms with Gasteiger partial charge in [-0.15, -0.1) is 0 Å². The number of nitrogens with one attached hydrogen (secondary N) is 1. The lowest BCUT2D eigenvalue weighted by atomic mass is 10.2. The molecule has 3 aromatic rings. The van der Waals surface area contributed by atoms with Crippen molar-refractivity contribution in [2.24, 2.45) is 0 Å². The number of aromatic amines is 1. The summed E-state index contributed by atoms with van der Waals surface area (Å²) >= 11 is 0. The fourth-order valence-electron chi connectivity index (χ4n) is 2.28. The van der Waals surface area contributed by atoms with Crippen LogP contribution in [0.2, 0.25) is 0 Å². The summed E-state index contributed by atoms with van der Waals surface area (Å²) in [5.74, 6) is 0.637. The Morgan fingerprint density at radius 2 is 2.12 bits per heavy atom. The van der Waals surface area contributed by atoms with E-state index in [1.807, 2.05) is 0 Å². The summed E-state index contributed by atoms with van der Waals surface area (Å²) in [6, 6.07) is 5.36. The molecule has 0 saturated carbocycles. The Labute approximate surface area is 138 Å². The highest BCUT2D eigenvalue weighted by atomic mass is 16.5. The van der Waals surface area contributed by atoms with E-state index >= 15 is 0 Å². The summed E-state index contributed by atoms with van der Waals surface area (Å²) in [4.78, 5) is 22.1. The first kappa shape index (κ1) is 15.9. The molecule has 8 nitrogen and oxygen atoms in total. The zero-order valence-corrected chi connectivity index (χ0v) is 13.6. The van der Waals surface area contributed by atoms with Gasteiger partial charge in [0.15, 0.2) is 0 Å². The summed E-state index contributed by atoms with van der Waals surface area (Å²) in [6.07, 6.45) is 5.17. The van der Waals surface area contributed by atoms with Crippen molar-refractivity contribution >= 4 is 5.91 Å². The van der Waals surface area contributed by atoms with E-state index in [-0.39, 0.29) is 12.5 Å². The lowest BCUT2D eigenvalue weighted by Crippen LogP contribution is -2.26. The van der Waals surface area contributed by atoms with Gasteiger partial charge in [-0.1, -0.05) is 18.5 Å². The number of pyridine rings is 1. The van der Waals surface area contributed by atoms with Crippen LogP contribution in [0.4, 0.5) is 0 Å². The summed E-state index contributed by atoms with van der Waals surface area (Å²) in [5.41, 5.74) is 2.15. The SMILES string of the molecule is CCCc1cc(C(=O)N(C)Cc2nc(-c3ccncc3)no2)n[nH]1. The minimum Gasteiger partial charge on any atom is -0.337 e. The Balaban J connectivity index is 1.67. The van der Waals surface area contributed by atoms with Crippen molar-refractivity contribution < 1.29 is 9.32 Å². The molecule has 0 atom stereocenters. The van der Waals surface area contributed by atoms with Crippen LogP contribution in [0.3, 0.4) is 0 Å². The number of hydrogen-bond acceptors (Lipinski definition) is 6. The van der Waals surface area contributed by atoms with E-state index < -0.39 is 0 Å². The molecule has 0 aliphatic heterocycles. The Hall–Kier alpha value is -3.03. The molecule has 1 N–H and O–H groups in total. The maximum Gasteiger partial charge on any atom is 0.274 e. The topological polar surface area (TPSA) is 101 Å². The lowest BCUT2D eigenvalue weighted by molar-refractivity contribution is 0.0763. The molecule has 0 saturated heterocycles. The molecule has 0 spiro atoms. The highest BCUT2D eigenvalue weighted by Crippen LogP contribution is 2.15. The Morgan fingerprint density at radius 1 is 1.33 bits per heavy atom. The third-order valence-corrected chi connectivity index (χ3v) is 3.50. The van der Waals surface area contributed by atoms with E-state index in [2.05, 4.69) is 32.2 Å². The van der Waals surface area contributed by atoms with E-state index in [1.54, 1.807) is 37.6 Å². The third kappa shape index (κ3) is 3.48. The van der Waals surface area contributed by atoms with Crippen molar-refractivity contribution in [2.45, 2.75) is 26.3 Å². The number of carbonyl (C=O) groups is 1. The van der Waals surface area contributed by atoms with E-state index in [0.29, 0.717) is 17.4 Å². The third-order valence-electron chi connectivity index (χ3n) is 3.50. The second-order valence-electron chi connectivity index (χ2n) is 5.44. The zero-order chi connectivity index (χ0) is 16.9. The van der Waals surface area contributed by atoms with Crippen molar-refractivity contribution in [3.8, 4) is 11.4 Å². The number of H-pyrrole nitrogens is 1. The van der Waals surface area contributed by atoms with Crippen molar-refractivity contribution in [2.75, 3.05) is 7.05 Å². The van der Waals surface area contributed by atoms with Crippen LogP contribution in [0, 0.1) is 0 Å². The van der Waals surface area contributed by atoms with Gasteiger partial charge in [-0.25, -0.2) is 0 Å². The largest absolute Gasteiger partial charge is 0.337 e. The number of amides is 1. The maximum atomic E-state index is 12.4. The lowest BCUT2D eigenvalue weighted by Gasteiger charge is -2.12. The molecule has 0 unspecified atom stereocenters. The molecule has 0 fully saturated rings. The predicted molar refractivity (Wildman–Crippen MR) is 85.9 cm³/mol. The molecule has 3 aromatic heterocycles. The van der Waals surface area contributed by atoms with Gasteiger partial charge >= 0.3 is 0 Å². The molecule has 0 bridgehead atoms. The number of nitrogens with zero attached hydrogens (tertiary/aromatic N) is 5. The highest BCUT2D eigenvalue weighted by Gasteiger charge is 2.18. The maximum absolute atomic E-state index is 12.4. The van der Waals surface area contributed by atoms with Gasteiger partial charge in [0.25, 0.3) is 5.91 Å². The number of rotatable bonds is 6. The Morgan fingerprint density at radius 3 is 2.88 bits per heavy atom. The molecule has 0 radical (unpaired) electrons. The number of aromatic nitrogens is 5. The van der Waals surface area contributed by atoms with E-state index in [1.165, 1.54) is 4.90 Å². The molecule has 3 heterocycles. The van der Waals surface area contributed by atoms with Crippen molar-refractivity contribution in [3.63, 3.8) is 0 Å². The second-order valence-corrected chi connectivity index (χ2v) is 5.44. The first-order valence-electron chi connectivity index (χ1n) is 7.70. The quantitative estimate of drug-likeness (QED) is 0.744. The van der Waals surface area contributed by atoms with Crippen LogP contribution >= 0.6 is 0 Å². The van der Waals surface area contributed by atoms with Gasteiger partial charge in [-0.3, -0.25) is 14.9 Å². The van der Waals surface area contributed by atoms with Crippen LogP contribution < -0.4 is 0 Å². The highest BCUT2D eigenvalue weighted by molar-refractivity contribution is 5.92. The van der Waals surface area contributed by atoms with Gasteiger partial charge < -0.3 is 9.42 Å². The zero-order valence-electron chi connectivity index (χ0n) is 13.6. The smallest absolute Gasteiger partial charge is 0.274 e. The second kappa shape index (κ2) is 7.03.